The van der Waals surface area contributed by atoms with Crippen LogP contribution in [0.2, 0.25) is 0 Å². The number of rotatable bonds is 14. The lowest BCUT2D eigenvalue weighted by atomic mass is 9.87. The van der Waals surface area contributed by atoms with Crippen molar-refractivity contribution in [2.75, 3.05) is 0 Å². The average Bonchev–Trinajstić information content (AvgIpc) is 3.46. The highest BCUT2D eigenvalue weighted by atomic mass is 16.4. The highest BCUT2D eigenvalue weighted by Gasteiger charge is 2.49. The molecule has 0 amide bonds. The van der Waals surface area contributed by atoms with Gasteiger partial charge in [0.05, 0.1) is 10.8 Å². The molecule has 1 aromatic carbocycles. The SMILES string of the molecule is CC(C)(CCCCCCc1ccc(O)c(CCCCC2(C(=O)O)CC2)c1O)C(=O)O. The van der Waals surface area contributed by atoms with Crippen molar-refractivity contribution >= 4 is 11.9 Å². The van der Waals surface area contributed by atoms with E-state index in [1.165, 1.54) is 0 Å². The third-order valence-electron chi connectivity index (χ3n) is 6.56. The molecule has 0 spiro atoms. The van der Waals surface area contributed by atoms with Crippen LogP contribution in [0.5, 0.6) is 11.5 Å². The van der Waals surface area contributed by atoms with Crippen molar-refractivity contribution in [2.24, 2.45) is 10.8 Å². The van der Waals surface area contributed by atoms with Crippen molar-refractivity contribution in [3.05, 3.63) is 23.3 Å². The van der Waals surface area contributed by atoms with Crippen molar-refractivity contribution in [1.82, 2.24) is 0 Å². The molecule has 1 aliphatic rings. The van der Waals surface area contributed by atoms with E-state index < -0.39 is 22.8 Å². The van der Waals surface area contributed by atoms with Crippen molar-refractivity contribution in [1.29, 1.82) is 0 Å². The van der Waals surface area contributed by atoms with Gasteiger partial charge >= 0.3 is 11.9 Å². The lowest BCUT2D eigenvalue weighted by molar-refractivity contribution is -0.147. The fourth-order valence-corrected chi connectivity index (χ4v) is 3.95. The molecule has 168 valence electrons. The van der Waals surface area contributed by atoms with E-state index in [1.807, 2.05) is 0 Å². The van der Waals surface area contributed by atoms with E-state index in [9.17, 15) is 24.9 Å². The highest BCUT2D eigenvalue weighted by molar-refractivity contribution is 5.77. The molecule has 0 bridgehead atoms. The zero-order valence-electron chi connectivity index (χ0n) is 18.2. The van der Waals surface area contributed by atoms with Crippen molar-refractivity contribution in [3.63, 3.8) is 0 Å². The van der Waals surface area contributed by atoms with Gasteiger partial charge in [-0.05, 0) is 76.8 Å². The van der Waals surface area contributed by atoms with Crippen LogP contribution in [0.15, 0.2) is 12.1 Å². The van der Waals surface area contributed by atoms with Crippen molar-refractivity contribution in [2.45, 2.75) is 90.9 Å². The second kappa shape index (κ2) is 10.2. The van der Waals surface area contributed by atoms with Gasteiger partial charge in [-0.1, -0.05) is 31.7 Å². The molecular formula is C24H36O6. The number of phenolic OH excluding ortho intramolecular Hbond substituents is 2. The monoisotopic (exact) mass is 420 g/mol. The summed E-state index contributed by atoms with van der Waals surface area (Å²) in [6.07, 6.45) is 9.23. The van der Waals surface area contributed by atoms with E-state index in [1.54, 1.807) is 26.0 Å². The van der Waals surface area contributed by atoms with Crippen LogP contribution in [-0.2, 0) is 22.4 Å². The molecule has 0 aromatic heterocycles. The lowest BCUT2D eigenvalue weighted by Gasteiger charge is -2.18. The molecule has 0 aliphatic heterocycles. The first-order chi connectivity index (χ1) is 14.1. The zero-order chi connectivity index (χ0) is 22.4. The number of aryl methyl sites for hydroxylation is 1. The number of unbranched alkanes of at least 4 members (excludes halogenated alkanes) is 4. The minimum atomic E-state index is -0.765. The molecule has 6 heteroatoms. The predicted octanol–water partition coefficient (Wildman–Crippen LogP) is 5.28. The number of hydrogen-bond donors (Lipinski definition) is 4. The number of phenols is 2. The molecule has 30 heavy (non-hydrogen) atoms. The predicted molar refractivity (Wildman–Crippen MR) is 115 cm³/mol. The third-order valence-corrected chi connectivity index (χ3v) is 6.56. The van der Waals surface area contributed by atoms with Gasteiger partial charge in [0.15, 0.2) is 0 Å². The van der Waals surface area contributed by atoms with E-state index >= 15 is 0 Å². The van der Waals surface area contributed by atoms with Crippen LogP contribution in [-0.4, -0.2) is 32.4 Å². The molecule has 6 nitrogen and oxygen atoms in total. The van der Waals surface area contributed by atoms with Gasteiger partial charge in [0.1, 0.15) is 11.5 Å². The summed E-state index contributed by atoms with van der Waals surface area (Å²) >= 11 is 0. The third kappa shape index (κ3) is 6.38. The number of benzene rings is 1. The number of hydrogen-bond acceptors (Lipinski definition) is 4. The Labute approximate surface area is 178 Å². The number of carboxylic acids is 2. The maximum atomic E-state index is 11.2. The van der Waals surface area contributed by atoms with Crippen LogP contribution in [0.3, 0.4) is 0 Å². The highest BCUT2D eigenvalue weighted by Crippen LogP contribution is 2.50. The summed E-state index contributed by atoms with van der Waals surface area (Å²) in [5, 5.41) is 39.1. The van der Waals surface area contributed by atoms with Crippen LogP contribution in [0, 0.1) is 10.8 Å². The maximum Gasteiger partial charge on any atom is 0.309 e. The van der Waals surface area contributed by atoms with Crippen LogP contribution >= 0.6 is 0 Å². The van der Waals surface area contributed by atoms with E-state index in [-0.39, 0.29) is 11.5 Å². The van der Waals surface area contributed by atoms with E-state index in [0.29, 0.717) is 31.2 Å². The molecule has 1 saturated carbocycles. The van der Waals surface area contributed by atoms with Crippen LogP contribution in [0.25, 0.3) is 0 Å². The van der Waals surface area contributed by atoms with Crippen molar-refractivity contribution in [3.8, 4) is 11.5 Å². The summed E-state index contributed by atoms with van der Waals surface area (Å²) in [5.74, 6) is -1.23. The molecular weight excluding hydrogens is 384 g/mol. The fraction of sp³-hybridized carbons (Fsp3) is 0.667. The Bertz CT molecular complexity index is 748. The molecule has 2 rings (SSSR count). The van der Waals surface area contributed by atoms with Crippen LogP contribution in [0.1, 0.15) is 89.2 Å². The van der Waals surface area contributed by atoms with Gasteiger partial charge in [0.2, 0.25) is 0 Å². The molecule has 0 atom stereocenters. The summed E-state index contributed by atoms with van der Waals surface area (Å²) in [6, 6.07) is 3.38. The van der Waals surface area contributed by atoms with E-state index in [4.69, 9.17) is 5.11 Å². The van der Waals surface area contributed by atoms with Gasteiger partial charge in [0, 0.05) is 5.56 Å². The molecule has 0 radical (unpaired) electrons. The largest absolute Gasteiger partial charge is 0.508 e. The Balaban J connectivity index is 1.75. The van der Waals surface area contributed by atoms with Gasteiger partial charge < -0.3 is 20.4 Å². The number of carboxylic acid groups (broad SMARTS) is 2. The number of aromatic hydroxyl groups is 2. The summed E-state index contributed by atoms with van der Waals surface area (Å²) in [4.78, 5) is 22.4. The number of carbonyl (C=O) groups is 2. The topological polar surface area (TPSA) is 115 Å². The van der Waals surface area contributed by atoms with Gasteiger partial charge in [-0.2, -0.15) is 0 Å². The van der Waals surface area contributed by atoms with E-state index in [0.717, 1.165) is 56.9 Å². The molecule has 0 heterocycles. The quantitative estimate of drug-likeness (QED) is 0.304. The van der Waals surface area contributed by atoms with Gasteiger partial charge in [0.25, 0.3) is 0 Å². The maximum absolute atomic E-state index is 11.2. The van der Waals surface area contributed by atoms with E-state index in [2.05, 4.69) is 0 Å². The lowest BCUT2D eigenvalue weighted by Crippen LogP contribution is -2.23. The Morgan fingerprint density at radius 1 is 0.933 bits per heavy atom. The molecule has 0 saturated heterocycles. The Kier molecular flexibility index (Phi) is 8.16. The normalized spacial score (nSPS) is 15.1. The van der Waals surface area contributed by atoms with Crippen molar-refractivity contribution < 1.29 is 30.0 Å². The Hall–Kier alpha value is -2.24. The zero-order valence-corrected chi connectivity index (χ0v) is 18.2. The first-order valence-corrected chi connectivity index (χ1v) is 11.1. The first-order valence-electron chi connectivity index (χ1n) is 11.1. The average molecular weight is 421 g/mol. The second-order valence-electron chi connectivity index (χ2n) is 9.47. The summed E-state index contributed by atoms with van der Waals surface area (Å²) in [5.41, 5.74) is 0.160. The smallest absolute Gasteiger partial charge is 0.309 e. The fourth-order valence-electron chi connectivity index (χ4n) is 3.95. The summed E-state index contributed by atoms with van der Waals surface area (Å²) in [6.45, 7) is 3.50. The first kappa shape index (κ1) is 24.0. The van der Waals surface area contributed by atoms with Gasteiger partial charge in [-0.3, -0.25) is 9.59 Å². The Morgan fingerprint density at radius 2 is 1.57 bits per heavy atom. The standard InChI is InChI=1S/C24H36O6/c1-23(2,21(27)28)13-7-4-3-5-9-17-11-12-19(25)18(20(17)26)10-6-8-14-24(15-16-24)22(29)30/h11-12,25-26H,3-10,13-16H2,1-2H3,(H,27,28)(H,29,30). The minimum absolute atomic E-state index is 0.0894. The second-order valence-corrected chi connectivity index (χ2v) is 9.47. The minimum Gasteiger partial charge on any atom is -0.508 e. The molecule has 4 N–H and O–H groups in total. The summed E-state index contributed by atoms with van der Waals surface area (Å²) in [7, 11) is 0. The molecule has 1 aromatic rings. The van der Waals surface area contributed by atoms with Gasteiger partial charge in [-0.25, -0.2) is 0 Å². The number of aliphatic carboxylic acids is 2. The molecule has 1 aliphatic carbocycles. The Morgan fingerprint density at radius 3 is 2.17 bits per heavy atom. The van der Waals surface area contributed by atoms with Gasteiger partial charge in [-0.15, -0.1) is 0 Å². The van der Waals surface area contributed by atoms with Crippen LogP contribution in [0.4, 0.5) is 0 Å². The van der Waals surface area contributed by atoms with Crippen LogP contribution < -0.4 is 0 Å². The molecule has 1 fully saturated rings. The molecule has 0 unspecified atom stereocenters. The summed E-state index contributed by atoms with van der Waals surface area (Å²) < 4.78 is 0.